The largest absolute Gasteiger partial charge is 0.456 e. The highest BCUT2D eigenvalue weighted by atomic mass is 32.1. The zero-order valence-electron chi connectivity index (χ0n) is 53.2. The van der Waals surface area contributed by atoms with Gasteiger partial charge in [0.25, 0.3) is 0 Å². The van der Waals surface area contributed by atoms with Crippen molar-refractivity contribution in [2.75, 3.05) is 0 Å². The van der Waals surface area contributed by atoms with Gasteiger partial charge in [-0.15, -0.1) is 22.7 Å². The normalized spacial score (nSPS) is 12.9. The van der Waals surface area contributed by atoms with Gasteiger partial charge in [0.05, 0.1) is 44.8 Å². The molecule has 5 aromatic heterocycles. The van der Waals surface area contributed by atoms with Crippen molar-refractivity contribution in [1.29, 1.82) is 0 Å². The molecule has 98 heavy (non-hydrogen) atoms. The van der Waals surface area contributed by atoms with Gasteiger partial charge in [0.2, 0.25) is 0 Å². The smallest absolute Gasteiger partial charge is 0.136 e. The van der Waals surface area contributed by atoms with Crippen molar-refractivity contribution in [3.05, 3.63) is 302 Å². The Morgan fingerprint density at radius 3 is 1.34 bits per heavy atom. The third-order valence-electron chi connectivity index (χ3n) is 20.8. The van der Waals surface area contributed by atoms with Crippen LogP contribution >= 0.6 is 22.7 Å². The minimum atomic E-state index is -0.0760. The van der Waals surface area contributed by atoms with Gasteiger partial charge in [-0.05, 0) is 166 Å². The Hall–Kier alpha value is -12.0. The van der Waals surface area contributed by atoms with Crippen molar-refractivity contribution in [3.63, 3.8) is 0 Å². The summed E-state index contributed by atoms with van der Waals surface area (Å²) >= 11 is 3.71. The molecule has 5 heterocycles. The number of hydrogen-bond acceptors (Lipinski definition) is 7. The Balaban J connectivity index is 0.000000129. The summed E-state index contributed by atoms with van der Waals surface area (Å²) in [7, 11) is 0. The maximum Gasteiger partial charge on any atom is 0.136 e. The van der Waals surface area contributed by atoms with Gasteiger partial charge < -0.3 is 4.42 Å². The summed E-state index contributed by atoms with van der Waals surface area (Å²) in [5.74, 6) is 0. The van der Waals surface area contributed by atoms with Crippen LogP contribution in [-0.2, 0) is 5.41 Å². The molecule has 0 bridgehead atoms. The molecular formula is C91H54N4OS2. The van der Waals surface area contributed by atoms with Crippen LogP contribution in [0.2, 0.25) is 0 Å². The second kappa shape index (κ2) is 21.0. The average Bonchev–Trinajstić information content (AvgIpc) is 1.47. The SMILES string of the molecule is CC1(C)c2ccccc2-c2ccc3c(ccc4ccc5cc(-c6nc7ccccc7nc6-c6ccc7c(c6)oc6ccccc67)ccc5c43)c21.c1ccc2nc(-c3ccc4c(c3)sc3ccccc34)c(-c3ccc4c(ccc5ccc6c(ccc7sc8ccccc8c76)c54)c3)nc2c1. The van der Waals surface area contributed by atoms with Crippen LogP contribution in [0.15, 0.2) is 296 Å². The van der Waals surface area contributed by atoms with E-state index in [0.717, 1.165) is 89.0 Å². The zero-order valence-corrected chi connectivity index (χ0v) is 54.9. The fourth-order valence-electron chi connectivity index (χ4n) is 16.3. The van der Waals surface area contributed by atoms with Crippen molar-refractivity contribution in [2.45, 2.75) is 19.3 Å². The minimum absolute atomic E-state index is 0.0760. The van der Waals surface area contributed by atoms with Crippen LogP contribution in [0.5, 0.6) is 0 Å². The van der Waals surface area contributed by atoms with Crippen molar-refractivity contribution in [2.24, 2.45) is 0 Å². The first-order valence-corrected chi connectivity index (χ1v) is 35.0. The van der Waals surface area contributed by atoms with E-state index in [1.54, 1.807) is 0 Å². The molecule has 1 aliphatic carbocycles. The highest BCUT2D eigenvalue weighted by Gasteiger charge is 2.37. The molecule has 0 fully saturated rings. The Morgan fingerprint density at radius 1 is 0.265 bits per heavy atom. The van der Waals surface area contributed by atoms with Crippen LogP contribution < -0.4 is 0 Å². The van der Waals surface area contributed by atoms with Crippen molar-refractivity contribution in [1.82, 2.24) is 19.9 Å². The molecule has 22 rings (SSSR count). The predicted octanol–water partition coefficient (Wildman–Crippen LogP) is 25.8. The average molecular weight is 1280 g/mol. The fraction of sp³-hybridized carbons (Fsp3) is 0.0330. The second-order valence-electron chi connectivity index (χ2n) is 26.7. The van der Waals surface area contributed by atoms with Crippen LogP contribution in [0.3, 0.4) is 0 Å². The van der Waals surface area contributed by atoms with E-state index in [9.17, 15) is 0 Å². The first-order chi connectivity index (χ1) is 48.3. The maximum absolute atomic E-state index is 6.29. The molecule has 1 aliphatic rings. The van der Waals surface area contributed by atoms with E-state index in [2.05, 4.69) is 257 Å². The number of rotatable bonds is 4. The van der Waals surface area contributed by atoms with Gasteiger partial charge >= 0.3 is 0 Å². The quantitative estimate of drug-likeness (QED) is 0.164. The van der Waals surface area contributed by atoms with Crippen LogP contribution in [0, 0.1) is 0 Å². The van der Waals surface area contributed by atoms with E-state index in [1.165, 1.54) is 127 Å². The van der Waals surface area contributed by atoms with Crippen LogP contribution in [-0.4, -0.2) is 19.9 Å². The fourth-order valence-corrected chi connectivity index (χ4v) is 18.6. The standard InChI is InChI=1S/C47H30N2O.C44H24N2S2/c1-47(2)38-11-5-3-9-32(38)36-24-23-35-37(44(36)47)22-17-27-15-16-28-25-29(18-20-31(28)43(27)35)45-46(49-40-13-7-6-12-39(40)48-45)30-19-21-34-33-10-4-8-14-41(33)50-42(34)26-30;1-5-11-37-30(7-1)31-19-17-28(24-40(31)48-37)44-43(45-35-9-3-4-10-36(35)46-44)27-16-18-29-26(23-27)14-13-25-15-20-33-32(41(25)29)21-22-39-42(33)34-8-2-6-12-38(34)47-39/h3-26H,1-2H3;1-24H. The number of thiophene rings is 2. The van der Waals surface area contributed by atoms with E-state index in [0.29, 0.717) is 0 Å². The molecule has 0 saturated heterocycles. The number of hydrogen-bond donors (Lipinski definition) is 0. The van der Waals surface area contributed by atoms with Crippen LogP contribution in [0.4, 0.5) is 0 Å². The van der Waals surface area contributed by atoms with E-state index in [1.807, 2.05) is 71.2 Å². The third-order valence-corrected chi connectivity index (χ3v) is 23.1. The van der Waals surface area contributed by atoms with Crippen LogP contribution in [0.25, 0.3) is 205 Å². The van der Waals surface area contributed by atoms with E-state index in [-0.39, 0.29) is 5.41 Å². The molecule has 0 radical (unpaired) electrons. The van der Waals surface area contributed by atoms with Gasteiger partial charge in [-0.2, -0.15) is 0 Å². The van der Waals surface area contributed by atoms with Crippen molar-refractivity contribution < 1.29 is 4.42 Å². The molecule has 5 nitrogen and oxygen atoms in total. The Bertz CT molecular complexity index is 7050. The van der Waals surface area contributed by atoms with Gasteiger partial charge in [0.15, 0.2) is 0 Å². The van der Waals surface area contributed by atoms with E-state index in [4.69, 9.17) is 24.4 Å². The summed E-state index contributed by atoms with van der Waals surface area (Å²) in [6.45, 7) is 4.73. The molecule has 0 unspecified atom stereocenters. The number of furan rings is 1. The lowest BCUT2D eigenvalue weighted by Gasteiger charge is -2.23. The lowest BCUT2D eigenvalue weighted by Crippen LogP contribution is -2.15. The zero-order chi connectivity index (χ0) is 64.5. The first kappa shape index (κ1) is 55.3. The summed E-state index contributed by atoms with van der Waals surface area (Å²) < 4.78 is 11.5. The van der Waals surface area contributed by atoms with Crippen molar-refractivity contribution >= 4 is 172 Å². The van der Waals surface area contributed by atoms with Gasteiger partial charge in [-0.25, -0.2) is 19.9 Å². The lowest BCUT2D eigenvalue weighted by atomic mass is 9.79. The highest BCUT2D eigenvalue weighted by molar-refractivity contribution is 7.26. The van der Waals surface area contributed by atoms with Crippen LogP contribution in [0.1, 0.15) is 25.0 Å². The molecule has 0 saturated carbocycles. The Labute approximate surface area is 569 Å². The molecule has 456 valence electrons. The van der Waals surface area contributed by atoms with Gasteiger partial charge in [-0.3, -0.25) is 0 Å². The van der Waals surface area contributed by atoms with E-state index >= 15 is 0 Å². The molecule has 0 aliphatic heterocycles. The number of benzene rings is 16. The Morgan fingerprint density at radius 2 is 0.684 bits per heavy atom. The van der Waals surface area contributed by atoms with Gasteiger partial charge in [-0.1, -0.05) is 226 Å². The van der Waals surface area contributed by atoms with Gasteiger partial charge in [0.1, 0.15) is 11.2 Å². The molecule has 0 N–H and O–H groups in total. The van der Waals surface area contributed by atoms with Gasteiger partial charge in [0, 0.05) is 78.8 Å². The number of fused-ring (bicyclic) bond motifs is 26. The summed E-state index contributed by atoms with van der Waals surface area (Å²) in [5, 5.41) is 22.7. The monoisotopic (exact) mass is 1280 g/mol. The molecule has 16 aromatic carbocycles. The molecule has 7 heteroatoms. The highest BCUT2D eigenvalue weighted by Crippen LogP contribution is 2.53. The van der Waals surface area contributed by atoms with Crippen molar-refractivity contribution in [3.8, 4) is 56.2 Å². The third kappa shape index (κ3) is 8.30. The summed E-state index contributed by atoms with van der Waals surface area (Å²) in [6, 6.07) is 105. The maximum atomic E-state index is 6.29. The topological polar surface area (TPSA) is 64.7 Å². The molecule has 0 atom stereocenters. The Kier molecular flexibility index (Phi) is 11.8. The number of aromatic nitrogens is 4. The first-order valence-electron chi connectivity index (χ1n) is 33.4. The molecular weight excluding hydrogens is 1230 g/mol. The number of nitrogens with zero attached hydrogens (tertiary/aromatic N) is 4. The molecule has 21 aromatic rings. The summed E-state index contributed by atoms with van der Waals surface area (Å²) in [5.41, 5.74) is 18.4. The number of para-hydroxylation sites is 5. The lowest BCUT2D eigenvalue weighted by molar-refractivity contribution is 0.666. The molecule has 0 amide bonds. The van der Waals surface area contributed by atoms with E-state index < -0.39 is 0 Å². The minimum Gasteiger partial charge on any atom is -0.456 e. The second-order valence-corrected chi connectivity index (χ2v) is 28.8. The molecule has 0 spiro atoms. The summed E-state index contributed by atoms with van der Waals surface area (Å²) in [4.78, 5) is 21.0. The predicted molar refractivity (Wildman–Crippen MR) is 416 cm³/mol. The summed E-state index contributed by atoms with van der Waals surface area (Å²) in [6.07, 6.45) is 0.